The summed E-state index contributed by atoms with van der Waals surface area (Å²) < 4.78 is 7.83. The smallest absolute Gasteiger partial charge is 0.162 e. The molecule has 7 heteroatoms. The van der Waals surface area contributed by atoms with Gasteiger partial charge in [0.25, 0.3) is 0 Å². The Labute approximate surface area is 204 Å². The minimum atomic E-state index is 0.704. The number of hydrogen-bond acceptors (Lipinski definition) is 6. The van der Waals surface area contributed by atoms with Gasteiger partial charge in [-0.2, -0.15) is 5.10 Å². The van der Waals surface area contributed by atoms with Crippen LogP contribution in [0.2, 0.25) is 0 Å². The SMILES string of the molecule is CN1CCN(CCOc2ccc(-c3cnc4c(-c5cncc6ccccc56)cnn4c3)cc2)CC1. The first-order valence-corrected chi connectivity index (χ1v) is 12.1. The van der Waals surface area contributed by atoms with Gasteiger partial charge in [-0.15, -0.1) is 0 Å². The third kappa shape index (κ3) is 4.48. The molecule has 35 heavy (non-hydrogen) atoms. The Kier molecular flexibility index (Phi) is 5.86. The normalized spacial score (nSPS) is 15.1. The monoisotopic (exact) mass is 464 g/mol. The summed E-state index contributed by atoms with van der Waals surface area (Å²) in [6.45, 7) is 6.15. The van der Waals surface area contributed by atoms with Crippen LogP contribution >= 0.6 is 0 Å². The van der Waals surface area contributed by atoms with Gasteiger partial charge in [-0.05, 0) is 30.1 Å². The number of hydrogen-bond donors (Lipinski definition) is 0. The molecule has 0 saturated carbocycles. The van der Waals surface area contributed by atoms with E-state index in [1.807, 2.05) is 59.8 Å². The quantitative estimate of drug-likeness (QED) is 0.375. The minimum Gasteiger partial charge on any atom is -0.492 e. The number of likely N-dealkylation sites (N-methyl/N-ethyl adjacent to an activating group) is 1. The van der Waals surface area contributed by atoms with Crippen LogP contribution in [0.3, 0.4) is 0 Å². The second kappa shape index (κ2) is 9.44. The molecule has 7 nitrogen and oxygen atoms in total. The summed E-state index contributed by atoms with van der Waals surface area (Å²) in [6.07, 6.45) is 9.57. The van der Waals surface area contributed by atoms with Crippen molar-refractivity contribution in [1.82, 2.24) is 29.4 Å². The highest BCUT2D eigenvalue weighted by atomic mass is 16.5. The van der Waals surface area contributed by atoms with Crippen molar-refractivity contribution < 1.29 is 4.74 Å². The number of pyridine rings is 1. The van der Waals surface area contributed by atoms with Crippen molar-refractivity contribution in [3.63, 3.8) is 0 Å². The van der Waals surface area contributed by atoms with Gasteiger partial charge in [0.2, 0.25) is 0 Å². The third-order valence-corrected chi connectivity index (χ3v) is 6.77. The van der Waals surface area contributed by atoms with Gasteiger partial charge in [0, 0.05) is 79.6 Å². The molecule has 2 aromatic carbocycles. The van der Waals surface area contributed by atoms with Crippen molar-refractivity contribution in [2.24, 2.45) is 0 Å². The second-order valence-electron chi connectivity index (χ2n) is 9.10. The average Bonchev–Trinajstić information content (AvgIpc) is 3.33. The first kappa shape index (κ1) is 21.7. The lowest BCUT2D eigenvalue weighted by Crippen LogP contribution is -2.45. The van der Waals surface area contributed by atoms with E-state index in [-0.39, 0.29) is 0 Å². The van der Waals surface area contributed by atoms with Crippen LogP contribution in [0.5, 0.6) is 5.75 Å². The summed E-state index contributed by atoms with van der Waals surface area (Å²) in [6, 6.07) is 16.5. The predicted octanol–water partition coefficient (Wildman–Crippen LogP) is 4.24. The standard InChI is InChI=1S/C28H28N6O/c1-32-10-12-33(13-11-32)14-15-35-24-8-6-21(7-9-24)23-17-30-28-27(19-31-34(28)20-23)26-18-29-16-22-4-2-3-5-25(22)26/h2-9,16-20H,10-15H2,1H3. The van der Waals surface area contributed by atoms with Gasteiger partial charge in [0.1, 0.15) is 12.4 Å². The predicted molar refractivity (Wildman–Crippen MR) is 139 cm³/mol. The zero-order valence-corrected chi connectivity index (χ0v) is 19.8. The largest absolute Gasteiger partial charge is 0.492 e. The van der Waals surface area contributed by atoms with E-state index in [9.17, 15) is 0 Å². The Morgan fingerprint density at radius 1 is 0.829 bits per heavy atom. The van der Waals surface area contributed by atoms with Crippen LogP contribution in [-0.2, 0) is 0 Å². The maximum absolute atomic E-state index is 5.99. The Morgan fingerprint density at radius 3 is 2.51 bits per heavy atom. The maximum atomic E-state index is 5.99. The molecule has 0 N–H and O–H groups in total. The fraction of sp³-hybridized carbons (Fsp3) is 0.250. The lowest BCUT2D eigenvalue weighted by atomic mass is 10.0. The number of benzene rings is 2. The zero-order valence-electron chi connectivity index (χ0n) is 19.8. The molecule has 0 atom stereocenters. The third-order valence-electron chi connectivity index (χ3n) is 6.77. The van der Waals surface area contributed by atoms with Gasteiger partial charge in [0.05, 0.1) is 6.20 Å². The van der Waals surface area contributed by atoms with E-state index in [0.717, 1.165) is 77.1 Å². The Hall–Kier alpha value is -3.81. The first-order valence-electron chi connectivity index (χ1n) is 12.1. The summed E-state index contributed by atoms with van der Waals surface area (Å²) in [5.41, 5.74) is 4.92. The van der Waals surface area contributed by atoms with E-state index >= 15 is 0 Å². The maximum Gasteiger partial charge on any atom is 0.162 e. The molecule has 5 aromatic rings. The van der Waals surface area contributed by atoms with E-state index in [1.54, 1.807) is 0 Å². The second-order valence-corrected chi connectivity index (χ2v) is 9.10. The number of rotatable bonds is 6. The molecule has 1 aliphatic heterocycles. The lowest BCUT2D eigenvalue weighted by molar-refractivity contribution is 0.134. The molecular formula is C28H28N6O. The molecule has 176 valence electrons. The van der Waals surface area contributed by atoms with Gasteiger partial charge < -0.3 is 9.64 Å². The summed E-state index contributed by atoms with van der Waals surface area (Å²) >= 11 is 0. The average molecular weight is 465 g/mol. The molecular weight excluding hydrogens is 436 g/mol. The molecule has 0 unspecified atom stereocenters. The topological polar surface area (TPSA) is 58.8 Å². The molecule has 3 aromatic heterocycles. The Morgan fingerprint density at radius 2 is 1.66 bits per heavy atom. The van der Waals surface area contributed by atoms with Crippen molar-refractivity contribution in [1.29, 1.82) is 0 Å². The summed E-state index contributed by atoms with van der Waals surface area (Å²) in [7, 11) is 2.18. The number of piperazine rings is 1. The van der Waals surface area contributed by atoms with Crippen LogP contribution in [0.4, 0.5) is 0 Å². The number of nitrogens with zero attached hydrogens (tertiary/aromatic N) is 6. The van der Waals surface area contributed by atoms with E-state index in [2.05, 4.69) is 51.2 Å². The number of aromatic nitrogens is 4. The van der Waals surface area contributed by atoms with Crippen LogP contribution in [0.25, 0.3) is 38.7 Å². The molecule has 0 bridgehead atoms. The highest BCUT2D eigenvalue weighted by Crippen LogP contribution is 2.31. The highest BCUT2D eigenvalue weighted by molar-refractivity contribution is 5.98. The van der Waals surface area contributed by atoms with Crippen LogP contribution in [0.1, 0.15) is 0 Å². The molecule has 1 aliphatic rings. The molecule has 0 radical (unpaired) electrons. The zero-order chi connectivity index (χ0) is 23.6. The van der Waals surface area contributed by atoms with Gasteiger partial charge in [-0.1, -0.05) is 36.4 Å². The van der Waals surface area contributed by atoms with Crippen molar-refractivity contribution in [2.75, 3.05) is 46.4 Å². The van der Waals surface area contributed by atoms with Crippen molar-refractivity contribution in [3.05, 3.63) is 79.5 Å². The lowest BCUT2D eigenvalue weighted by Gasteiger charge is -2.32. The molecule has 0 aliphatic carbocycles. The van der Waals surface area contributed by atoms with Gasteiger partial charge >= 0.3 is 0 Å². The number of fused-ring (bicyclic) bond motifs is 2. The van der Waals surface area contributed by atoms with Gasteiger partial charge in [0.15, 0.2) is 5.65 Å². The van der Waals surface area contributed by atoms with Gasteiger partial charge in [-0.25, -0.2) is 9.50 Å². The van der Waals surface area contributed by atoms with Gasteiger partial charge in [-0.3, -0.25) is 9.88 Å². The van der Waals surface area contributed by atoms with Crippen molar-refractivity contribution in [3.8, 4) is 28.0 Å². The van der Waals surface area contributed by atoms with Crippen LogP contribution in [0, 0.1) is 0 Å². The highest BCUT2D eigenvalue weighted by Gasteiger charge is 2.14. The summed E-state index contributed by atoms with van der Waals surface area (Å²) in [5, 5.41) is 6.84. The molecule has 1 fully saturated rings. The van der Waals surface area contributed by atoms with E-state index in [1.165, 1.54) is 0 Å². The first-order chi connectivity index (χ1) is 17.2. The van der Waals surface area contributed by atoms with Crippen LogP contribution in [-0.4, -0.2) is 75.8 Å². The van der Waals surface area contributed by atoms with E-state index < -0.39 is 0 Å². The number of ether oxygens (including phenoxy) is 1. The Bertz CT molecular complexity index is 1450. The van der Waals surface area contributed by atoms with Crippen molar-refractivity contribution >= 4 is 16.4 Å². The fourth-order valence-electron chi connectivity index (χ4n) is 4.65. The molecule has 0 spiro atoms. The minimum absolute atomic E-state index is 0.704. The Balaban J connectivity index is 1.17. The fourth-order valence-corrected chi connectivity index (χ4v) is 4.65. The molecule has 1 saturated heterocycles. The molecule has 6 rings (SSSR count). The molecule has 0 amide bonds. The molecule has 4 heterocycles. The van der Waals surface area contributed by atoms with E-state index in [0.29, 0.717) is 6.61 Å². The van der Waals surface area contributed by atoms with E-state index in [4.69, 9.17) is 9.72 Å². The van der Waals surface area contributed by atoms with Crippen LogP contribution < -0.4 is 4.74 Å². The summed E-state index contributed by atoms with van der Waals surface area (Å²) in [4.78, 5) is 14.0. The van der Waals surface area contributed by atoms with Crippen LogP contribution in [0.15, 0.2) is 79.5 Å². The summed E-state index contributed by atoms with van der Waals surface area (Å²) in [5.74, 6) is 0.891. The van der Waals surface area contributed by atoms with Crippen molar-refractivity contribution in [2.45, 2.75) is 0 Å².